The molecule has 1 heterocycles. The maximum atomic E-state index is 12.7. The maximum Gasteiger partial charge on any atom is 0.259 e. The van der Waals surface area contributed by atoms with Crippen LogP contribution >= 0.6 is 0 Å². The highest BCUT2D eigenvalue weighted by atomic mass is 16.2. The van der Waals surface area contributed by atoms with Gasteiger partial charge in [-0.05, 0) is 42.5 Å². The molecule has 0 spiro atoms. The van der Waals surface area contributed by atoms with Crippen molar-refractivity contribution in [3.63, 3.8) is 0 Å². The minimum atomic E-state index is -0.385. The molecule has 132 valence electrons. The van der Waals surface area contributed by atoms with Crippen LogP contribution in [0.15, 0.2) is 73.1 Å². The molecule has 3 aromatic rings. The predicted molar refractivity (Wildman–Crippen MR) is 103 cm³/mol. The number of hydrogen-bond acceptors (Lipinski definition) is 4. The van der Waals surface area contributed by atoms with Gasteiger partial charge in [-0.25, -0.2) is 0 Å². The fraction of sp³-hybridized carbons (Fsp3) is 0.0476. The summed E-state index contributed by atoms with van der Waals surface area (Å²) in [5.41, 5.74) is 2.39. The minimum Gasteiger partial charge on any atom is -0.322 e. The molecule has 6 heteroatoms. The highest BCUT2D eigenvalue weighted by molar-refractivity contribution is 6.09. The summed E-state index contributed by atoms with van der Waals surface area (Å²) in [6.45, 7) is 0. The summed E-state index contributed by atoms with van der Waals surface area (Å²) >= 11 is 0. The normalized spacial score (nSPS) is 9.93. The topological polar surface area (TPSA) is 86.1 Å². The van der Waals surface area contributed by atoms with E-state index in [4.69, 9.17) is 5.26 Å². The molecule has 0 saturated heterocycles. The monoisotopic (exact) mass is 356 g/mol. The van der Waals surface area contributed by atoms with Crippen molar-refractivity contribution in [3.05, 3.63) is 89.7 Å². The minimum absolute atomic E-state index is 0.262. The van der Waals surface area contributed by atoms with E-state index in [-0.39, 0.29) is 17.4 Å². The highest BCUT2D eigenvalue weighted by Gasteiger charge is 2.16. The Morgan fingerprint density at radius 3 is 2.33 bits per heavy atom. The highest BCUT2D eigenvalue weighted by Crippen LogP contribution is 2.16. The summed E-state index contributed by atoms with van der Waals surface area (Å²) in [4.78, 5) is 30.6. The van der Waals surface area contributed by atoms with Gasteiger partial charge in [-0.1, -0.05) is 18.2 Å². The fourth-order valence-corrected chi connectivity index (χ4v) is 2.47. The number of rotatable bonds is 4. The molecule has 0 fully saturated rings. The van der Waals surface area contributed by atoms with E-state index in [1.807, 2.05) is 36.4 Å². The fourth-order valence-electron chi connectivity index (χ4n) is 2.47. The van der Waals surface area contributed by atoms with E-state index < -0.39 is 0 Å². The third kappa shape index (κ3) is 4.17. The van der Waals surface area contributed by atoms with Gasteiger partial charge in [0.1, 0.15) is 0 Å². The van der Waals surface area contributed by atoms with Crippen molar-refractivity contribution in [2.45, 2.75) is 0 Å². The van der Waals surface area contributed by atoms with Crippen LogP contribution in [0.2, 0.25) is 0 Å². The SMILES string of the molecule is CN(C(=O)c1cncc(C(=O)Nc2ccc(C#N)cc2)c1)c1ccccc1. The van der Waals surface area contributed by atoms with Gasteiger partial charge in [0.2, 0.25) is 0 Å². The predicted octanol–water partition coefficient (Wildman–Crippen LogP) is 3.48. The van der Waals surface area contributed by atoms with Crippen LogP contribution in [0.4, 0.5) is 11.4 Å². The lowest BCUT2D eigenvalue weighted by molar-refractivity contribution is 0.0992. The summed E-state index contributed by atoms with van der Waals surface area (Å²) in [7, 11) is 1.67. The Labute approximate surface area is 156 Å². The lowest BCUT2D eigenvalue weighted by Crippen LogP contribution is -2.26. The van der Waals surface area contributed by atoms with Crippen LogP contribution in [0.3, 0.4) is 0 Å². The zero-order valence-corrected chi connectivity index (χ0v) is 14.6. The molecule has 0 unspecified atom stereocenters. The molecule has 0 bridgehead atoms. The smallest absolute Gasteiger partial charge is 0.259 e. The molecule has 2 aromatic carbocycles. The number of nitrogens with one attached hydrogen (secondary N) is 1. The first-order chi connectivity index (χ1) is 13.1. The number of hydrogen-bond donors (Lipinski definition) is 1. The Morgan fingerprint density at radius 2 is 1.67 bits per heavy atom. The third-order valence-corrected chi connectivity index (χ3v) is 3.97. The molecule has 2 amide bonds. The largest absolute Gasteiger partial charge is 0.322 e. The Bertz CT molecular complexity index is 1010. The molecular formula is C21H16N4O2. The van der Waals surface area contributed by atoms with Crippen molar-refractivity contribution in [1.29, 1.82) is 5.26 Å². The van der Waals surface area contributed by atoms with Crippen molar-refractivity contribution in [3.8, 4) is 6.07 Å². The lowest BCUT2D eigenvalue weighted by atomic mass is 10.1. The molecule has 0 saturated carbocycles. The molecule has 6 nitrogen and oxygen atoms in total. The number of nitriles is 1. The number of carbonyl (C=O) groups excluding carboxylic acids is 2. The molecule has 1 N–H and O–H groups in total. The molecular weight excluding hydrogens is 340 g/mol. The van der Waals surface area contributed by atoms with Crippen molar-refractivity contribution in [1.82, 2.24) is 4.98 Å². The number of anilines is 2. The summed E-state index contributed by atoms with van der Waals surface area (Å²) < 4.78 is 0. The molecule has 0 radical (unpaired) electrons. The van der Waals surface area contributed by atoms with Gasteiger partial charge in [0, 0.05) is 30.8 Å². The second kappa shape index (κ2) is 7.93. The number of benzene rings is 2. The number of pyridine rings is 1. The van der Waals surface area contributed by atoms with E-state index in [1.165, 1.54) is 23.4 Å². The van der Waals surface area contributed by atoms with Gasteiger partial charge in [-0.15, -0.1) is 0 Å². The third-order valence-electron chi connectivity index (χ3n) is 3.97. The van der Waals surface area contributed by atoms with E-state index in [0.717, 1.165) is 5.69 Å². The number of aromatic nitrogens is 1. The Balaban J connectivity index is 1.77. The summed E-state index contributed by atoms with van der Waals surface area (Å²) in [5, 5.41) is 11.5. The first kappa shape index (κ1) is 17.8. The number of carbonyl (C=O) groups is 2. The van der Waals surface area contributed by atoms with Crippen LogP contribution in [-0.2, 0) is 0 Å². The van der Waals surface area contributed by atoms with Crippen molar-refractivity contribution in [2.24, 2.45) is 0 Å². The van der Waals surface area contributed by atoms with Crippen molar-refractivity contribution >= 4 is 23.2 Å². The Hall–Kier alpha value is -3.98. The summed E-state index contributed by atoms with van der Waals surface area (Å²) in [6, 6.07) is 19.3. The van der Waals surface area contributed by atoms with Crippen LogP contribution in [0, 0.1) is 11.3 Å². The van der Waals surface area contributed by atoms with Crippen molar-refractivity contribution < 1.29 is 9.59 Å². The standard InChI is InChI=1S/C21H16N4O2/c1-25(19-5-3-2-4-6-19)21(27)17-11-16(13-23-14-17)20(26)24-18-9-7-15(12-22)8-10-18/h2-11,13-14H,1H3,(H,24,26). The average molecular weight is 356 g/mol. The van der Waals surface area contributed by atoms with E-state index in [2.05, 4.69) is 10.3 Å². The van der Waals surface area contributed by atoms with E-state index in [9.17, 15) is 9.59 Å². The van der Waals surface area contributed by atoms with Gasteiger partial charge in [-0.3, -0.25) is 14.6 Å². The van der Waals surface area contributed by atoms with Crippen LogP contribution in [0.1, 0.15) is 26.3 Å². The molecule has 0 aliphatic heterocycles. The summed E-state index contributed by atoms with van der Waals surface area (Å²) in [5.74, 6) is -0.647. The molecule has 0 aliphatic carbocycles. The van der Waals surface area contributed by atoms with Gasteiger partial charge in [0.15, 0.2) is 0 Å². The molecule has 27 heavy (non-hydrogen) atoms. The molecule has 0 aliphatic rings. The van der Waals surface area contributed by atoms with Crippen LogP contribution in [0.25, 0.3) is 0 Å². The van der Waals surface area contributed by atoms with Gasteiger partial charge < -0.3 is 10.2 Å². The van der Waals surface area contributed by atoms with Crippen molar-refractivity contribution in [2.75, 3.05) is 17.3 Å². The first-order valence-electron chi connectivity index (χ1n) is 8.18. The molecule has 1 aromatic heterocycles. The Kier molecular flexibility index (Phi) is 5.24. The van der Waals surface area contributed by atoms with E-state index in [1.54, 1.807) is 31.3 Å². The van der Waals surface area contributed by atoms with Gasteiger partial charge in [0.25, 0.3) is 11.8 Å². The van der Waals surface area contributed by atoms with E-state index in [0.29, 0.717) is 16.8 Å². The van der Waals surface area contributed by atoms with Crippen LogP contribution in [0.5, 0.6) is 0 Å². The maximum absolute atomic E-state index is 12.7. The number of nitrogens with zero attached hydrogens (tertiary/aromatic N) is 3. The summed E-state index contributed by atoms with van der Waals surface area (Å²) in [6.07, 6.45) is 2.83. The van der Waals surface area contributed by atoms with E-state index >= 15 is 0 Å². The molecule has 0 atom stereocenters. The number of amides is 2. The first-order valence-corrected chi connectivity index (χ1v) is 8.18. The van der Waals surface area contributed by atoms with Crippen LogP contribution < -0.4 is 10.2 Å². The molecule has 3 rings (SSSR count). The average Bonchev–Trinajstić information content (AvgIpc) is 2.74. The Morgan fingerprint density at radius 1 is 1.00 bits per heavy atom. The van der Waals surface area contributed by atoms with Gasteiger partial charge in [-0.2, -0.15) is 5.26 Å². The lowest BCUT2D eigenvalue weighted by Gasteiger charge is -2.17. The zero-order valence-electron chi connectivity index (χ0n) is 14.6. The van der Waals surface area contributed by atoms with Gasteiger partial charge in [0.05, 0.1) is 22.8 Å². The number of para-hydroxylation sites is 1. The zero-order chi connectivity index (χ0) is 19.2. The van der Waals surface area contributed by atoms with Crippen LogP contribution in [-0.4, -0.2) is 23.8 Å². The second-order valence-electron chi connectivity index (χ2n) is 5.81. The second-order valence-corrected chi connectivity index (χ2v) is 5.81. The quantitative estimate of drug-likeness (QED) is 0.775. The van der Waals surface area contributed by atoms with Gasteiger partial charge >= 0.3 is 0 Å².